The number of halogens is 1. The van der Waals surface area contributed by atoms with Crippen molar-refractivity contribution in [3.05, 3.63) is 53.6 Å². The maximum atomic E-state index is 13.8. The van der Waals surface area contributed by atoms with Gasteiger partial charge >= 0.3 is 0 Å². The molecule has 20 heavy (non-hydrogen) atoms. The number of nitrogens with two attached hydrogens (primary N) is 1. The van der Waals surface area contributed by atoms with E-state index in [1.54, 1.807) is 38.5 Å². The zero-order valence-electron chi connectivity index (χ0n) is 11.3. The molecule has 3 N–H and O–H groups in total. The van der Waals surface area contributed by atoms with Gasteiger partial charge in [-0.25, -0.2) is 9.82 Å². The highest BCUT2D eigenvalue weighted by Crippen LogP contribution is 2.32. The second kappa shape index (κ2) is 6.31. The Morgan fingerprint density at radius 1 is 1.20 bits per heavy atom. The molecule has 1 aromatic heterocycles. The average Bonchev–Trinajstić information content (AvgIpc) is 2.49. The molecule has 0 aliphatic heterocycles. The summed E-state index contributed by atoms with van der Waals surface area (Å²) >= 11 is 0. The van der Waals surface area contributed by atoms with Crippen LogP contribution in [0.1, 0.15) is 17.2 Å². The standard InChI is InChI=1S/C14H16FN3O2/c1-19-12-4-3-9(7-13(12)20-2)14(18-16)10-5-6-17-8-11(10)15/h3-8,14,18H,16H2,1-2H3. The highest BCUT2D eigenvalue weighted by atomic mass is 19.1. The summed E-state index contributed by atoms with van der Waals surface area (Å²) in [5.41, 5.74) is 3.77. The van der Waals surface area contributed by atoms with E-state index in [2.05, 4.69) is 10.4 Å². The van der Waals surface area contributed by atoms with Crippen molar-refractivity contribution in [1.82, 2.24) is 10.4 Å². The number of rotatable bonds is 5. The van der Waals surface area contributed by atoms with E-state index in [0.717, 1.165) is 11.8 Å². The molecule has 6 heteroatoms. The van der Waals surface area contributed by atoms with Gasteiger partial charge in [-0.3, -0.25) is 10.8 Å². The quantitative estimate of drug-likeness (QED) is 0.644. The maximum Gasteiger partial charge on any atom is 0.161 e. The van der Waals surface area contributed by atoms with Gasteiger partial charge < -0.3 is 9.47 Å². The molecule has 1 heterocycles. The van der Waals surface area contributed by atoms with Gasteiger partial charge in [0.25, 0.3) is 0 Å². The molecular weight excluding hydrogens is 261 g/mol. The summed E-state index contributed by atoms with van der Waals surface area (Å²) in [6.07, 6.45) is 2.67. The van der Waals surface area contributed by atoms with Crippen molar-refractivity contribution in [2.75, 3.05) is 14.2 Å². The number of ether oxygens (including phenoxy) is 2. The third-order valence-corrected chi connectivity index (χ3v) is 3.02. The molecule has 0 fully saturated rings. The minimum Gasteiger partial charge on any atom is -0.493 e. The molecule has 5 nitrogen and oxygen atoms in total. The molecule has 0 aliphatic carbocycles. The largest absolute Gasteiger partial charge is 0.493 e. The lowest BCUT2D eigenvalue weighted by molar-refractivity contribution is 0.354. The van der Waals surface area contributed by atoms with Crippen LogP contribution in [0, 0.1) is 5.82 Å². The fourth-order valence-corrected chi connectivity index (χ4v) is 2.02. The number of hydrogen-bond acceptors (Lipinski definition) is 5. The van der Waals surface area contributed by atoms with E-state index >= 15 is 0 Å². The van der Waals surface area contributed by atoms with Crippen LogP contribution in [0.25, 0.3) is 0 Å². The van der Waals surface area contributed by atoms with Gasteiger partial charge in [0.15, 0.2) is 11.5 Å². The second-order valence-electron chi connectivity index (χ2n) is 4.11. The van der Waals surface area contributed by atoms with E-state index in [4.69, 9.17) is 15.3 Å². The molecule has 0 bridgehead atoms. The number of hydrogen-bond donors (Lipinski definition) is 2. The van der Waals surface area contributed by atoms with E-state index in [9.17, 15) is 4.39 Å². The van der Waals surface area contributed by atoms with Crippen LogP contribution in [0.4, 0.5) is 4.39 Å². The molecule has 0 saturated heterocycles. The Hall–Kier alpha value is -2.18. The Kier molecular flexibility index (Phi) is 4.49. The van der Waals surface area contributed by atoms with Crippen LogP contribution in [0.15, 0.2) is 36.7 Å². The van der Waals surface area contributed by atoms with Crippen LogP contribution in [-0.2, 0) is 0 Å². The van der Waals surface area contributed by atoms with E-state index in [-0.39, 0.29) is 0 Å². The Morgan fingerprint density at radius 2 is 1.95 bits per heavy atom. The normalized spacial score (nSPS) is 12.0. The predicted octanol–water partition coefficient (Wildman–Crippen LogP) is 1.79. The Morgan fingerprint density at radius 3 is 2.55 bits per heavy atom. The van der Waals surface area contributed by atoms with Crippen LogP contribution in [0.5, 0.6) is 11.5 Å². The van der Waals surface area contributed by atoms with Gasteiger partial charge in [0.2, 0.25) is 0 Å². The molecular formula is C14H16FN3O2. The van der Waals surface area contributed by atoms with Crippen molar-refractivity contribution >= 4 is 0 Å². The summed E-state index contributed by atoms with van der Waals surface area (Å²) in [5.74, 6) is 6.29. The number of hydrazine groups is 1. The third kappa shape index (κ3) is 2.71. The first-order chi connectivity index (χ1) is 9.71. The number of methoxy groups -OCH3 is 2. The molecule has 106 valence electrons. The lowest BCUT2D eigenvalue weighted by atomic mass is 9.99. The van der Waals surface area contributed by atoms with Crippen molar-refractivity contribution in [2.24, 2.45) is 5.84 Å². The summed E-state index contributed by atoms with van der Waals surface area (Å²) in [6.45, 7) is 0. The summed E-state index contributed by atoms with van der Waals surface area (Å²) in [6, 6.07) is 6.38. The third-order valence-electron chi connectivity index (χ3n) is 3.02. The van der Waals surface area contributed by atoms with Crippen LogP contribution in [0.3, 0.4) is 0 Å². The molecule has 0 spiro atoms. The molecule has 2 rings (SSSR count). The van der Waals surface area contributed by atoms with Gasteiger partial charge in [-0.2, -0.15) is 0 Å². The average molecular weight is 277 g/mol. The number of nitrogens with zero attached hydrogens (tertiary/aromatic N) is 1. The smallest absolute Gasteiger partial charge is 0.161 e. The molecule has 2 aromatic rings. The summed E-state index contributed by atoms with van der Waals surface area (Å²) in [7, 11) is 3.10. The molecule has 0 aliphatic rings. The first kappa shape index (κ1) is 14.2. The van der Waals surface area contributed by atoms with Crippen molar-refractivity contribution in [1.29, 1.82) is 0 Å². The minimum atomic E-state index is -0.502. The van der Waals surface area contributed by atoms with Gasteiger partial charge in [-0.05, 0) is 23.8 Å². The van der Waals surface area contributed by atoms with Gasteiger partial charge in [0.05, 0.1) is 26.5 Å². The summed E-state index contributed by atoms with van der Waals surface area (Å²) in [5, 5.41) is 0. The number of pyridine rings is 1. The number of nitrogens with one attached hydrogen (secondary N) is 1. The minimum absolute atomic E-state index is 0.412. The summed E-state index contributed by atoms with van der Waals surface area (Å²) in [4.78, 5) is 3.73. The van der Waals surface area contributed by atoms with E-state index in [0.29, 0.717) is 17.1 Å². The Balaban J connectivity index is 2.45. The first-order valence-corrected chi connectivity index (χ1v) is 5.98. The van der Waals surface area contributed by atoms with Crippen molar-refractivity contribution < 1.29 is 13.9 Å². The second-order valence-corrected chi connectivity index (χ2v) is 4.11. The summed E-state index contributed by atoms with van der Waals surface area (Å²) < 4.78 is 24.2. The zero-order valence-corrected chi connectivity index (χ0v) is 11.3. The lowest BCUT2D eigenvalue weighted by Gasteiger charge is -2.19. The van der Waals surface area contributed by atoms with Crippen molar-refractivity contribution in [2.45, 2.75) is 6.04 Å². The zero-order chi connectivity index (χ0) is 14.5. The van der Waals surface area contributed by atoms with Crippen LogP contribution in [-0.4, -0.2) is 19.2 Å². The van der Waals surface area contributed by atoms with Gasteiger partial charge in [-0.1, -0.05) is 6.07 Å². The molecule has 0 amide bonds. The van der Waals surface area contributed by atoms with Gasteiger partial charge in [-0.15, -0.1) is 0 Å². The first-order valence-electron chi connectivity index (χ1n) is 5.98. The molecule has 0 saturated carbocycles. The van der Waals surface area contributed by atoms with Crippen molar-refractivity contribution in [3.8, 4) is 11.5 Å². The molecule has 1 atom stereocenters. The SMILES string of the molecule is COc1ccc(C(NN)c2ccncc2F)cc1OC. The van der Waals surface area contributed by atoms with Gasteiger partial charge in [0.1, 0.15) is 5.82 Å². The van der Waals surface area contributed by atoms with Gasteiger partial charge in [0, 0.05) is 11.8 Å². The van der Waals surface area contributed by atoms with E-state index < -0.39 is 11.9 Å². The highest BCUT2D eigenvalue weighted by Gasteiger charge is 2.18. The highest BCUT2D eigenvalue weighted by molar-refractivity contribution is 5.45. The lowest BCUT2D eigenvalue weighted by Crippen LogP contribution is -2.29. The van der Waals surface area contributed by atoms with Crippen LogP contribution >= 0.6 is 0 Å². The topological polar surface area (TPSA) is 69.4 Å². The Labute approximate surface area is 116 Å². The number of benzene rings is 1. The molecule has 1 aromatic carbocycles. The predicted molar refractivity (Wildman–Crippen MR) is 72.9 cm³/mol. The van der Waals surface area contributed by atoms with Crippen LogP contribution < -0.4 is 20.7 Å². The monoisotopic (exact) mass is 277 g/mol. The molecule has 1 unspecified atom stereocenters. The fourth-order valence-electron chi connectivity index (χ4n) is 2.02. The van der Waals surface area contributed by atoms with E-state index in [1.165, 1.54) is 6.20 Å². The van der Waals surface area contributed by atoms with E-state index in [1.807, 2.05) is 0 Å². The van der Waals surface area contributed by atoms with Crippen LogP contribution in [0.2, 0.25) is 0 Å². The Bertz CT molecular complexity index is 592. The molecule has 0 radical (unpaired) electrons. The maximum absolute atomic E-state index is 13.8. The number of aromatic nitrogens is 1. The fraction of sp³-hybridized carbons (Fsp3) is 0.214. The van der Waals surface area contributed by atoms with Crippen molar-refractivity contribution in [3.63, 3.8) is 0 Å².